The van der Waals surface area contributed by atoms with Gasteiger partial charge in [0.1, 0.15) is 11.6 Å². The molecule has 4 heteroatoms. The maximum absolute atomic E-state index is 13.0. The Hall–Kier alpha value is -2.49. The molecule has 1 aromatic heterocycles. The predicted molar refractivity (Wildman–Crippen MR) is 83.8 cm³/mol. The first-order valence-corrected chi connectivity index (χ1v) is 6.95. The number of nitrogens with zero attached hydrogens (tertiary/aromatic N) is 2. The van der Waals surface area contributed by atoms with Gasteiger partial charge in [-0.05, 0) is 50.2 Å². The minimum atomic E-state index is -0.262. The molecule has 3 nitrogen and oxygen atoms in total. The third-order valence-corrected chi connectivity index (χ3v) is 3.30. The highest BCUT2D eigenvalue weighted by Gasteiger charge is 2.09. The fraction of sp³-hybridized carbons (Fsp3) is 0.176. The Labute approximate surface area is 122 Å². The van der Waals surface area contributed by atoms with Crippen molar-refractivity contribution in [1.82, 2.24) is 9.97 Å². The number of hydrogen-bond acceptors (Lipinski definition) is 3. The standard InChI is InChI=1S/C17H16FN3/c1-3-19-17-14-10-11(2)4-9-15(14)20-16(21-17)12-5-7-13(18)8-6-12/h4-10H,3H2,1-2H3,(H,19,20,21). The Morgan fingerprint density at radius 1 is 1.05 bits per heavy atom. The number of rotatable bonds is 3. The third-order valence-electron chi connectivity index (χ3n) is 3.30. The number of fused-ring (bicyclic) bond motifs is 1. The van der Waals surface area contributed by atoms with Gasteiger partial charge in [-0.25, -0.2) is 14.4 Å². The summed E-state index contributed by atoms with van der Waals surface area (Å²) in [6.45, 7) is 4.85. The van der Waals surface area contributed by atoms with Gasteiger partial charge in [-0.15, -0.1) is 0 Å². The van der Waals surface area contributed by atoms with E-state index in [1.807, 2.05) is 26.0 Å². The van der Waals surface area contributed by atoms with Gasteiger partial charge in [0, 0.05) is 17.5 Å². The fourth-order valence-electron chi connectivity index (χ4n) is 2.27. The Morgan fingerprint density at radius 3 is 2.52 bits per heavy atom. The second-order valence-electron chi connectivity index (χ2n) is 4.95. The molecule has 21 heavy (non-hydrogen) atoms. The number of aromatic nitrogens is 2. The van der Waals surface area contributed by atoms with Crippen LogP contribution in [0, 0.1) is 12.7 Å². The Kier molecular flexibility index (Phi) is 3.52. The number of benzene rings is 2. The summed E-state index contributed by atoms with van der Waals surface area (Å²) < 4.78 is 13.0. The summed E-state index contributed by atoms with van der Waals surface area (Å²) in [6.07, 6.45) is 0. The molecular weight excluding hydrogens is 265 g/mol. The SMILES string of the molecule is CCNc1nc(-c2ccc(F)cc2)nc2ccc(C)cc12. The van der Waals surface area contributed by atoms with Gasteiger partial charge >= 0.3 is 0 Å². The second kappa shape index (κ2) is 5.48. The molecule has 0 saturated carbocycles. The Morgan fingerprint density at radius 2 is 1.81 bits per heavy atom. The predicted octanol–water partition coefficient (Wildman–Crippen LogP) is 4.18. The molecule has 0 bridgehead atoms. The summed E-state index contributed by atoms with van der Waals surface area (Å²) in [4.78, 5) is 9.17. The summed E-state index contributed by atoms with van der Waals surface area (Å²) in [6, 6.07) is 12.3. The molecule has 0 amide bonds. The van der Waals surface area contributed by atoms with Crippen LogP contribution in [0.1, 0.15) is 12.5 Å². The van der Waals surface area contributed by atoms with Crippen LogP contribution in [-0.4, -0.2) is 16.5 Å². The largest absolute Gasteiger partial charge is 0.370 e. The lowest BCUT2D eigenvalue weighted by molar-refractivity contribution is 0.628. The van der Waals surface area contributed by atoms with Crippen molar-refractivity contribution in [2.24, 2.45) is 0 Å². The normalized spacial score (nSPS) is 10.8. The van der Waals surface area contributed by atoms with Crippen molar-refractivity contribution in [2.75, 3.05) is 11.9 Å². The highest BCUT2D eigenvalue weighted by Crippen LogP contribution is 2.25. The van der Waals surface area contributed by atoms with Gasteiger partial charge in [-0.3, -0.25) is 0 Å². The summed E-state index contributed by atoms with van der Waals surface area (Å²) in [7, 11) is 0. The van der Waals surface area contributed by atoms with Crippen LogP contribution in [0.15, 0.2) is 42.5 Å². The van der Waals surface area contributed by atoms with E-state index in [0.717, 1.165) is 28.8 Å². The van der Waals surface area contributed by atoms with Crippen LogP contribution >= 0.6 is 0 Å². The maximum Gasteiger partial charge on any atom is 0.162 e. The lowest BCUT2D eigenvalue weighted by Crippen LogP contribution is -2.03. The molecule has 2 aromatic carbocycles. The highest BCUT2D eigenvalue weighted by atomic mass is 19.1. The number of hydrogen-bond donors (Lipinski definition) is 1. The number of nitrogens with one attached hydrogen (secondary N) is 1. The van der Waals surface area contributed by atoms with Crippen LogP contribution in [0.4, 0.5) is 10.2 Å². The van der Waals surface area contributed by atoms with E-state index in [9.17, 15) is 4.39 Å². The van der Waals surface area contributed by atoms with E-state index in [0.29, 0.717) is 5.82 Å². The Bertz CT molecular complexity index is 782. The average Bonchev–Trinajstić information content (AvgIpc) is 2.48. The zero-order valence-corrected chi connectivity index (χ0v) is 12.0. The smallest absolute Gasteiger partial charge is 0.162 e. The van der Waals surface area contributed by atoms with Crippen molar-refractivity contribution in [3.8, 4) is 11.4 Å². The van der Waals surface area contributed by atoms with Crippen molar-refractivity contribution >= 4 is 16.7 Å². The van der Waals surface area contributed by atoms with E-state index in [2.05, 4.69) is 21.4 Å². The van der Waals surface area contributed by atoms with E-state index in [4.69, 9.17) is 0 Å². The summed E-state index contributed by atoms with van der Waals surface area (Å²) >= 11 is 0. The van der Waals surface area contributed by atoms with Crippen LogP contribution in [0.25, 0.3) is 22.3 Å². The average molecular weight is 281 g/mol. The third kappa shape index (κ3) is 2.70. The van der Waals surface area contributed by atoms with Crippen molar-refractivity contribution in [3.63, 3.8) is 0 Å². The zero-order chi connectivity index (χ0) is 14.8. The topological polar surface area (TPSA) is 37.8 Å². The number of halogens is 1. The molecule has 0 aliphatic heterocycles. The molecule has 106 valence electrons. The molecule has 0 aliphatic rings. The molecule has 1 N–H and O–H groups in total. The van der Waals surface area contributed by atoms with Gasteiger partial charge in [0.2, 0.25) is 0 Å². The molecule has 1 heterocycles. The van der Waals surface area contributed by atoms with Crippen molar-refractivity contribution in [2.45, 2.75) is 13.8 Å². The van der Waals surface area contributed by atoms with E-state index >= 15 is 0 Å². The first-order valence-electron chi connectivity index (χ1n) is 6.95. The first-order chi connectivity index (χ1) is 10.2. The lowest BCUT2D eigenvalue weighted by atomic mass is 10.1. The van der Waals surface area contributed by atoms with Gasteiger partial charge in [-0.1, -0.05) is 11.6 Å². The van der Waals surface area contributed by atoms with Crippen molar-refractivity contribution in [1.29, 1.82) is 0 Å². The van der Waals surface area contributed by atoms with E-state index < -0.39 is 0 Å². The van der Waals surface area contributed by atoms with E-state index in [1.165, 1.54) is 17.7 Å². The quantitative estimate of drug-likeness (QED) is 0.782. The minimum Gasteiger partial charge on any atom is -0.370 e. The minimum absolute atomic E-state index is 0.262. The van der Waals surface area contributed by atoms with Crippen LogP contribution in [-0.2, 0) is 0 Å². The molecular formula is C17H16FN3. The van der Waals surface area contributed by atoms with Crippen LogP contribution < -0.4 is 5.32 Å². The molecule has 0 unspecified atom stereocenters. The Balaban J connectivity index is 2.20. The van der Waals surface area contributed by atoms with Crippen molar-refractivity contribution < 1.29 is 4.39 Å². The molecule has 0 radical (unpaired) electrons. The number of anilines is 1. The maximum atomic E-state index is 13.0. The monoisotopic (exact) mass is 281 g/mol. The van der Waals surface area contributed by atoms with Crippen LogP contribution in [0.2, 0.25) is 0 Å². The first kappa shape index (κ1) is 13.5. The molecule has 0 spiro atoms. The van der Waals surface area contributed by atoms with Gasteiger partial charge in [0.15, 0.2) is 5.82 Å². The van der Waals surface area contributed by atoms with Gasteiger partial charge < -0.3 is 5.32 Å². The van der Waals surface area contributed by atoms with E-state index in [-0.39, 0.29) is 5.82 Å². The molecule has 3 aromatic rings. The summed E-state index contributed by atoms with van der Waals surface area (Å²) in [5, 5.41) is 4.28. The molecule has 0 fully saturated rings. The van der Waals surface area contributed by atoms with E-state index in [1.54, 1.807) is 12.1 Å². The highest BCUT2D eigenvalue weighted by molar-refractivity contribution is 5.91. The lowest BCUT2D eigenvalue weighted by Gasteiger charge is -2.10. The zero-order valence-electron chi connectivity index (χ0n) is 12.0. The van der Waals surface area contributed by atoms with Crippen LogP contribution in [0.3, 0.4) is 0 Å². The van der Waals surface area contributed by atoms with Crippen LogP contribution in [0.5, 0.6) is 0 Å². The van der Waals surface area contributed by atoms with Crippen molar-refractivity contribution in [3.05, 3.63) is 53.8 Å². The molecule has 0 saturated heterocycles. The second-order valence-corrected chi connectivity index (χ2v) is 4.95. The summed E-state index contributed by atoms with van der Waals surface area (Å²) in [5.74, 6) is 1.15. The van der Waals surface area contributed by atoms with Gasteiger partial charge in [-0.2, -0.15) is 0 Å². The molecule has 3 rings (SSSR count). The van der Waals surface area contributed by atoms with Gasteiger partial charge in [0.25, 0.3) is 0 Å². The summed E-state index contributed by atoms with van der Waals surface area (Å²) in [5.41, 5.74) is 2.85. The molecule has 0 atom stereocenters. The molecule has 0 aliphatic carbocycles. The fourth-order valence-corrected chi connectivity index (χ4v) is 2.27. The van der Waals surface area contributed by atoms with Gasteiger partial charge in [0.05, 0.1) is 5.52 Å². The number of aryl methyl sites for hydroxylation is 1.